The number of fused-ring (bicyclic) bond motifs is 1. The molecule has 1 saturated heterocycles. The maximum atomic E-state index is 13.2. The Morgan fingerprint density at radius 1 is 1.28 bits per heavy atom. The average molecular weight is 511 g/mol. The molecule has 194 valence electrons. The van der Waals surface area contributed by atoms with Crippen LogP contribution in [0.25, 0.3) is 11.2 Å². The monoisotopic (exact) mass is 511 g/mol. The smallest absolute Gasteiger partial charge is 0.359 e. The highest BCUT2D eigenvalue weighted by Crippen LogP contribution is 2.40. The minimum Gasteiger partial charge on any atom is -0.359 e. The van der Waals surface area contributed by atoms with Crippen molar-refractivity contribution in [3.63, 3.8) is 0 Å². The third kappa shape index (κ3) is 5.39. The Labute approximate surface area is 204 Å². The summed E-state index contributed by atoms with van der Waals surface area (Å²) < 4.78 is 66.4. The number of aromatic nitrogens is 5. The number of piperidine rings is 1. The van der Waals surface area contributed by atoms with E-state index < -0.39 is 30.1 Å². The van der Waals surface area contributed by atoms with Crippen LogP contribution in [0.2, 0.25) is 0 Å². The maximum Gasteiger partial charge on any atom is 0.416 e. The number of anilines is 2. The number of hydrogen-bond donors (Lipinski definition) is 0. The SMILES string of the molecule is CC1CC(CC=O)(CN(C)c2cc(C(F)(F)F)ccn2)CCN1c1cnc2cnn(CC(F)F)c2n1. The predicted octanol–water partition coefficient (Wildman–Crippen LogP) is 4.21. The third-order valence-electron chi connectivity index (χ3n) is 6.63. The molecular weight excluding hydrogens is 485 g/mol. The first-order valence-electron chi connectivity index (χ1n) is 11.4. The number of nitrogens with zero attached hydrogens (tertiary/aromatic N) is 7. The summed E-state index contributed by atoms with van der Waals surface area (Å²) in [6, 6.07) is 1.82. The summed E-state index contributed by atoms with van der Waals surface area (Å²) in [6.07, 6.45) is -0.782. The van der Waals surface area contributed by atoms with Crippen LogP contribution in [0.4, 0.5) is 33.6 Å². The molecular formula is C23H26F5N7O. The molecule has 1 aliphatic heterocycles. The summed E-state index contributed by atoms with van der Waals surface area (Å²) in [5.41, 5.74) is -0.598. The highest BCUT2D eigenvalue weighted by atomic mass is 19.4. The first-order chi connectivity index (χ1) is 17.0. The van der Waals surface area contributed by atoms with E-state index in [0.29, 0.717) is 37.3 Å². The molecule has 1 aliphatic rings. The first kappa shape index (κ1) is 25.7. The molecule has 8 nitrogen and oxygen atoms in total. The molecule has 0 saturated carbocycles. The molecule has 0 amide bonds. The number of hydrogen-bond acceptors (Lipinski definition) is 7. The molecule has 0 N–H and O–H groups in total. The molecule has 3 aromatic heterocycles. The van der Waals surface area contributed by atoms with Gasteiger partial charge in [0.15, 0.2) is 5.65 Å². The number of carbonyl (C=O) groups is 1. The molecule has 0 aromatic carbocycles. The van der Waals surface area contributed by atoms with Crippen molar-refractivity contribution in [2.45, 2.75) is 51.4 Å². The lowest BCUT2D eigenvalue weighted by Crippen LogP contribution is -2.50. The van der Waals surface area contributed by atoms with E-state index in [9.17, 15) is 26.7 Å². The fourth-order valence-corrected chi connectivity index (χ4v) is 4.96. The molecule has 2 atom stereocenters. The van der Waals surface area contributed by atoms with Crippen LogP contribution in [0, 0.1) is 5.41 Å². The van der Waals surface area contributed by atoms with E-state index in [1.807, 2.05) is 11.8 Å². The van der Waals surface area contributed by atoms with Crippen molar-refractivity contribution < 1.29 is 26.7 Å². The van der Waals surface area contributed by atoms with Crippen LogP contribution < -0.4 is 9.80 Å². The molecule has 0 aliphatic carbocycles. The largest absolute Gasteiger partial charge is 0.416 e. The van der Waals surface area contributed by atoms with Crippen LogP contribution in [0.3, 0.4) is 0 Å². The van der Waals surface area contributed by atoms with Gasteiger partial charge in [-0.2, -0.15) is 18.3 Å². The van der Waals surface area contributed by atoms with Crippen LogP contribution in [-0.4, -0.2) is 63.6 Å². The highest BCUT2D eigenvalue weighted by molar-refractivity contribution is 5.71. The normalized spacial score (nSPS) is 20.8. The van der Waals surface area contributed by atoms with Gasteiger partial charge in [-0.05, 0) is 37.3 Å². The highest BCUT2D eigenvalue weighted by Gasteiger charge is 2.40. The van der Waals surface area contributed by atoms with Crippen LogP contribution in [0.5, 0.6) is 0 Å². The van der Waals surface area contributed by atoms with Gasteiger partial charge in [0.25, 0.3) is 6.43 Å². The number of rotatable bonds is 8. The second-order valence-electron chi connectivity index (χ2n) is 9.28. The van der Waals surface area contributed by atoms with E-state index in [2.05, 4.69) is 20.1 Å². The lowest BCUT2D eigenvalue weighted by atomic mass is 9.73. The predicted molar refractivity (Wildman–Crippen MR) is 123 cm³/mol. The quantitative estimate of drug-likeness (QED) is 0.331. The number of pyridine rings is 1. The van der Waals surface area contributed by atoms with Crippen LogP contribution >= 0.6 is 0 Å². The van der Waals surface area contributed by atoms with Gasteiger partial charge < -0.3 is 14.6 Å². The zero-order valence-electron chi connectivity index (χ0n) is 19.8. The minimum atomic E-state index is -4.48. The summed E-state index contributed by atoms with van der Waals surface area (Å²) in [7, 11) is 1.66. The van der Waals surface area contributed by atoms with Crippen molar-refractivity contribution in [1.82, 2.24) is 24.7 Å². The van der Waals surface area contributed by atoms with Gasteiger partial charge in [-0.3, -0.25) is 0 Å². The maximum absolute atomic E-state index is 13.2. The lowest BCUT2D eigenvalue weighted by Gasteiger charge is -2.47. The molecule has 13 heteroatoms. The van der Waals surface area contributed by atoms with Crippen LogP contribution in [-0.2, 0) is 17.5 Å². The van der Waals surface area contributed by atoms with Crippen molar-refractivity contribution in [2.24, 2.45) is 5.41 Å². The second kappa shape index (κ2) is 9.94. The van der Waals surface area contributed by atoms with E-state index >= 15 is 0 Å². The summed E-state index contributed by atoms with van der Waals surface area (Å²) in [4.78, 5) is 28.2. The number of alkyl halides is 5. The Balaban J connectivity index is 1.53. The van der Waals surface area contributed by atoms with Crippen LogP contribution in [0.1, 0.15) is 31.7 Å². The van der Waals surface area contributed by atoms with Gasteiger partial charge >= 0.3 is 6.18 Å². The Kier molecular flexibility index (Phi) is 7.10. The molecule has 4 rings (SSSR count). The molecule has 3 aromatic rings. The molecule has 36 heavy (non-hydrogen) atoms. The standard InChI is InChI=1S/C23H26F5N7O/c1-15-10-22(5-8-36,14-33(2)19-9-16(3-6-29-19)23(26,27)28)4-7-34(15)20-12-30-17-11-31-35(13-18(24)25)21(17)32-20/h3,6,8-9,11-12,15,18H,4-5,7,10,13-14H2,1-2H3. The summed E-state index contributed by atoms with van der Waals surface area (Å²) >= 11 is 0. The van der Waals surface area contributed by atoms with E-state index in [4.69, 9.17) is 0 Å². The van der Waals surface area contributed by atoms with Gasteiger partial charge in [0.1, 0.15) is 30.0 Å². The Hall–Kier alpha value is -3.38. The molecule has 4 heterocycles. The summed E-state index contributed by atoms with van der Waals surface area (Å²) in [5, 5.41) is 3.94. The molecule has 0 bridgehead atoms. The Morgan fingerprint density at radius 2 is 2.06 bits per heavy atom. The Morgan fingerprint density at radius 3 is 2.72 bits per heavy atom. The first-order valence-corrected chi connectivity index (χ1v) is 11.4. The van der Waals surface area contributed by atoms with Crippen LogP contribution in [0.15, 0.2) is 30.7 Å². The summed E-state index contributed by atoms with van der Waals surface area (Å²) in [6.45, 7) is 2.21. The van der Waals surface area contributed by atoms with Gasteiger partial charge in [0.2, 0.25) is 0 Å². The molecule has 0 spiro atoms. The van der Waals surface area contributed by atoms with Crippen molar-refractivity contribution >= 4 is 29.1 Å². The van der Waals surface area contributed by atoms with E-state index in [1.54, 1.807) is 18.1 Å². The summed E-state index contributed by atoms with van der Waals surface area (Å²) in [5.74, 6) is 0.687. The van der Waals surface area contributed by atoms with E-state index in [1.165, 1.54) is 6.20 Å². The van der Waals surface area contributed by atoms with Crippen molar-refractivity contribution in [3.05, 3.63) is 36.3 Å². The van der Waals surface area contributed by atoms with Crippen molar-refractivity contribution in [1.29, 1.82) is 0 Å². The zero-order chi connectivity index (χ0) is 26.1. The lowest BCUT2D eigenvalue weighted by molar-refractivity contribution is -0.137. The number of aldehydes is 1. The van der Waals surface area contributed by atoms with Gasteiger partial charge in [-0.25, -0.2) is 28.4 Å². The average Bonchev–Trinajstić information content (AvgIpc) is 3.20. The number of carbonyl (C=O) groups excluding carboxylic acids is 1. The number of halogens is 5. The second-order valence-corrected chi connectivity index (χ2v) is 9.28. The Bertz CT molecular complexity index is 1220. The minimum absolute atomic E-state index is 0.0974. The van der Waals surface area contributed by atoms with Gasteiger partial charge in [0.05, 0.1) is 18.0 Å². The zero-order valence-corrected chi connectivity index (χ0v) is 19.8. The van der Waals surface area contributed by atoms with Crippen molar-refractivity contribution in [3.8, 4) is 0 Å². The molecule has 0 radical (unpaired) electrons. The van der Waals surface area contributed by atoms with Gasteiger partial charge in [0, 0.05) is 38.8 Å². The third-order valence-corrected chi connectivity index (χ3v) is 6.63. The molecule has 2 unspecified atom stereocenters. The van der Waals surface area contributed by atoms with E-state index in [0.717, 1.165) is 29.3 Å². The fraction of sp³-hybridized carbons (Fsp3) is 0.522. The van der Waals surface area contributed by atoms with Gasteiger partial charge in [-0.15, -0.1) is 0 Å². The topological polar surface area (TPSA) is 80.0 Å². The van der Waals surface area contributed by atoms with E-state index in [-0.39, 0.29) is 23.9 Å². The van der Waals surface area contributed by atoms with Crippen molar-refractivity contribution in [2.75, 3.05) is 29.9 Å². The van der Waals surface area contributed by atoms with Gasteiger partial charge in [-0.1, -0.05) is 0 Å². The fourth-order valence-electron chi connectivity index (χ4n) is 4.96. The molecule has 1 fully saturated rings.